The largest absolute Gasteiger partial charge is 0.236 e. The molecule has 132 valence electrons. The monoisotopic (exact) mass is 338 g/mol. The lowest BCUT2D eigenvalue weighted by molar-refractivity contribution is 0.764. The predicted octanol–water partition coefficient (Wildman–Crippen LogP) is 4.17. The normalized spacial score (nSPS) is 10.3. The Morgan fingerprint density at radius 1 is 1.00 bits per heavy atom. The maximum Gasteiger partial charge on any atom is 0.153 e. The second-order valence-electron chi connectivity index (χ2n) is 5.54. The SMILES string of the molecule is CC.CC(C)c1ccc2nccn2n1.CCc1cnc2cccnn12. The lowest BCUT2D eigenvalue weighted by Gasteiger charge is -2.02. The van der Waals surface area contributed by atoms with E-state index in [1.165, 1.54) is 0 Å². The number of fused-ring (bicyclic) bond motifs is 2. The first-order chi connectivity index (χ1) is 12.2. The van der Waals surface area contributed by atoms with Gasteiger partial charge in [-0.1, -0.05) is 34.6 Å². The van der Waals surface area contributed by atoms with Gasteiger partial charge in [0.05, 0.1) is 17.6 Å². The summed E-state index contributed by atoms with van der Waals surface area (Å²) in [5, 5.41) is 8.56. The van der Waals surface area contributed by atoms with Gasteiger partial charge in [0.2, 0.25) is 0 Å². The Kier molecular flexibility index (Phi) is 6.62. The van der Waals surface area contributed by atoms with Gasteiger partial charge >= 0.3 is 0 Å². The van der Waals surface area contributed by atoms with Crippen molar-refractivity contribution in [3.8, 4) is 0 Å². The third-order valence-corrected chi connectivity index (χ3v) is 3.58. The zero-order valence-electron chi connectivity index (χ0n) is 15.6. The van der Waals surface area contributed by atoms with Crippen molar-refractivity contribution in [3.63, 3.8) is 0 Å². The molecule has 0 aliphatic heterocycles. The molecule has 0 fully saturated rings. The van der Waals surface area contributed by atoms with Crippen LogP contribution in [0, 0.1) is 0 Å². The molecule has 0 aromatic carbocycles. The highest BCUT2D eigenvalue weighted by molar-refractivity contribution is 5.37. The Labute approximate surface area is 148 Å². The van der Waals surface area contributed by atoms with Crippen molar-refractivity contribution in [2.45, 2.75) is 47.0 Å². The van der Waals surface area contributed by atoms with E-state index >= 15 is 0 Å². The first kappa shape index (κ1) is 18.6. The van der Waals surface area contributed by atoms with E-state index in [-0.39, 0.29) is 0 Å². The van der Waals surface area contributed by atoms with Gasteiger partial charge in [0.1, 0.15) is 0 Å². The fourth-order valence-corrected chi connectivity index (χ4v) is 2.26. The summed E-state index contributed by atoms with van der Waals surface area (Å²) in [7, 11) is 0. The molecule has 0 aliphatic rings. The van der Waals surface area contributed by atoms with Crippen LogP contribution >= 0.6 is 0 Å². The van der Waals surface area contributed by atoms with Gasteiger partial charge in [-0.05, 0) is 36.6 Å². The number of aryl methyl sites for hydroxylation is 1. The minimum Gasteiger partial charge on any atom is -0.236 e. The topological polar surface area (TPSA) is 60.4 Å². The van der Waals surface area contributed by atoms with E-state index < -0.39 is 0 Å². The second-order valence-corrected chi connectivity index (χ2v) is 5.54. The molecule has 4 aromatic rings. The highest BCUT2D eigenvalue weighted by Gasteiger charge is 2.01. The smallest absolute Gasteiger partial charge is 0.153 e. The van der Waals surface area contributed by atoms with Gasteiger partial charge in [0, 0.05) is 18.6 Å². The Morgan fingerprint density at radius 2 is 1.80 bits per heavy atom. The van der Waals surface area contributed by atoms with Crippen LogP contribution in [0.25, 0.3) is 11.3 Å². The van der Waals surface area contributed by atoms with Gasteiger partial charge in [0.15, 0.2) is 11.3 Å². The van der Waals surface area contributed by atoms with Crippen molar-refractivity contribution in [2.24, 2.45) is 0 Å². The van der Waals surface area contributed by atoms with Gasteiger partial charge in [-0.2, -0.15) is 10.2 Å². The van der Waals surface area contributed by atoms with Crippen LogP contribution in [0.3, 0.4) is 0 Å². The molecule has 0 spiro atoms. The third kappa shape index (κ3) is 4.41. The number of hydrogen-bond acceptors (Lipinski definition) is 4. The molecule has 6 heteroatoms. The van der Waals surface area contributed by atoms with E-state index in [4.69, 9.17) is 0 Å². The molecule has 0 bridgehead atoms. The van der Waals surface area contributed by atoms with E-state index in [0.717, 1.165) is 29.1 Å². The van der Waals surface area contributed by atoms with Crippen molar-refractivity contribution in [3.05, 3.63) is 60.4 Å². The first-order valence-electron chi connectivity index (χ1n) is 8.77. The summed E-state index contributed by atoms with van der Waals surface area (Å²) in [4.78, 5) is 8.31. The van der Waals surface area contributed by atoms with Crippen molar-refractivity contribution >= 4 is 11.3 Å². The van der Waals surface area contributed by atoms with E-state index in [9.17, 15) is 0 Å². The minimum absolute atomic E-state index is 0.469. The molecule has 0 aliphatic carbocycles. The third-order valence-electron chi connectivity index (χ3n) is 3.58. The molecule has 25 heavy (non-hydrogen) atoms. The molecule has 0 atom stereocenters. The highest BCUT2D eigenvalue weighted by Crippen LogP contribution is 2.10. The fraction of sp³-hybridized carbons (Fsp3) is 0.368. The van der Waals surface area contributed by atoms with Gasteiger partial charge in [-0.25, -0.2) is 19.0 Å². The lowest BCUT2D eigenvalue weighted by atomic mass is 10.1. The second kappa shape index (κ2) is 8.92. The van der Waals surface area contributed by atoms with Crippen LogP contribution in [0.4, 0.5) is 0 Å². The number of aromatic nitrogens is 6. The molecule has 0 N–H and O–H groups in total. The van der Waals surface area contributed by atoms with Gasteiger partial charge in [-0.15, -0.1) is 0 Å². The molecule has 0 radical (unpaired) electrons. The van der Waals surface area contributed by atoms with Gasteiger partial charge in [-0.3, -0.25) is 0 Å². The van der Waals surface area contributed by atoms with Crippen LogP contribution < -0.4 is 0 Å². The number of imidazole rings is 2. The van der Waals surface area contributed by atoms with Crippen LogP contribution in [0.5, 0.6) is 0 Å². The van der Waals surface area contributed by atoms with Gasteiger partial charge in [0.25, 0.3) is 0 Å². The summed E-state index contributed by atoms with van der Waals surface area (Å²) in [6.07, 6.45) is 8.22. The molecular weight excluding hydrogens is 312 g/mol. The quantitative estimate of drug-likeness (QED) is 0.550. The van der Waals surface area contributed by atoms with E-state index in [2.05, 4.69) is 40.9 Å². The molecule has 6 nitrogen and oxygen atoms in total. The van der Waals surface area contributed by atoms with E-state index in [0.29, 0.717) is 5.92 Å². The van der Waals surface area contributed by atoms with Crippen molar-refractivity contribution in [1.29, 1.82) is 0 Å². The molecule has 4 aromatic heterocycles. The standard InChI is InChI=1S/C9H11N3.C8H9N3.C2H6/c1-7(2)8-3-4-9-10-5-6-12(9)11-8;1-2-7-6-9-8-4-3-5-10-11(7)8;1-2/h3-7H,1-2H3;3-6H,2H2,1H3;1-2H3. The van der Waals surface area contributed by atoms with Crippen molar-refractivity contribution in [2.75, 3.05) is 0 Å². The molecule has 0 amide bonds. The van der Waals surface area contributed by atoms with Crippen LogP contribution in [-0.4, -0.2) is 29.2 Å². The lowest BCUT2D eigenvalue weighted by Crippen LogP contribution is -1.98. The summed E-state index contributed by atoms with van der Waals surface area (Å²) >= 11 is 0. The first-order valence-corrected chi connectivity index (χ1v) is 8.77. The maximum atomic E-state index is 4.39. The van der Waals surface area contributed by atoms with Gasteiger partial charge < -0.3 is 0 Å². The molecule has 0 unspecified atom stereocenters. The number of hydrogen-bond donors (Lipinski definition) is 0. The molecule has 4 heterocycles. The summed E-state index contributed by atoms with van der Waals surface area (Å²) in [5.74, 6) is 0.469. The highest BCUT2D eigenvalue weighted by atomic mass is 15.3. The van der Waals surface area contributed by atoms with Crippen molar-refractivity contribution in [1.82, 2.24) is 29.2 Å². The average Bonchev–Trinajstić information content (AvgIpc) is 3.29. The number of rotatable bonds is 2. The van der Waals surface area contributed by atoms with Crippen LogP contribution in [0.1, 0.15) is 51.9 Å². The molecule has 0 saturated carbocycles. The van der Waals surface area contributed by atoms with Crippen LogP contribution in [0.2, 0.25) is 0 Å². The van der Waals surface area contributed by atoms with Crippen molar-refractivity contribution < 1.29 is 0 Å². The van der Waals surface area contributed by atoms with E-state index in [1.54, 1.807) is 16.9 Å². The number of nitrogens with zero attached hydrogens (tertiary/aromatic N) is 6. The molecule has 0 saturated heterocycles. The minimum atomic E-state index is 0.469. The maximum absolute atomic E-state index is 4.39. The van der Waals surface area contributed by atoms with E-state index in [1.807, 2.05) is 55.0 Å². The zero-order valence-corrected chi connectivity index (χ0v) is 15.6. The summed E-state index contributed by atoms with van der Waals surface area (Å²) in [5.41, 5.74) is 4.07. The molecular formula is C19H26N6. The summed E-state index contributed by atoms with van der Waals surface area (Å²) < 4.78 is 3.66. The Morgan fingerprint density at radius 3 is 2.52 bits per heavy atom. The molecule has 4 rings (SSSR count). The Hall–Kier alpha value is -2.76. The zero-order chi connectivity index (χ0) is 18.2. The predicted molar refractivity (Wildman–Crippen MR) is 101 cm³/mol. The summed E-state index contributed by atoms with van der Waals surface area (Å²) in [6, 6.07) is 7.85. The summed E-state index contributed by atoms with van der Waals surface area (Å²) in [6.45, 7) is 10.4. The Bertz CT molecular complexity index is 906. The Balaban J connectivity index is 0.000000165. The fourth-order valence-electron chi connectivity index (χ4n) is 2.26. The van der Waals surface area contributed by atoms with Crippen LogP contribution in [-0.2, 0) is 6.42 Å². The average molecular weight is 338 g/mol. The van der Waals surface area contributed by atoms with Crippen LogP contribution in [0.15, 0.2) is 49.1 Å².